The molecule has 3 aliphatic rings. The summed E-state index contributed by atoms with van der Waals surface area (Å²) in [6, 6.07) is 2.67. The Kier molecular flexibility index (Phi) is 7.19. The molecule has 1 aromatic carbocycles. The van der Waals surface area contributed by atoms with Gasteiger partial charge in [-0.25, -0.2) is 8.78 Å². The topological polar surface area (TPSA) is 109 Å². The number of halogens is 2. The largest absolute Gasteiger partial charge is 0.421 e. The molecule has 0 atom stereocenters. The number of rotatable bonds is 7. The van der Waals surface area contributed by atoms with Gasteiger partial charge in [-0.1, -0.05) is 23.8 Å². The number of nitrogens with one attached hydrogen (secondary N) is 1. The zero-order valence-electron chi connectivity index (χ0n) is 21.3. The molecule has 38 heavy (non-hydrogen) atoms. The number of ether oxygens (including phenoxy) is 1. The Labute approximate surface area is 219 Å². The Morgan fingerprint density at radius 2 is 1.97 bits per heavy atom. The van der Waals surface area contributed by atoms with Gasteiger partial charge in [-0.05, 0) is 31.9 Å². The van der Waals surface area contributed by atoms with E-state index < -0.39 is 11.6 Å². The van der Waals surface area contributed by atoms with Crippen LogP contribution in [0.2, 0.25) is 0 Å². The Bertz CT molecular complexity index is 1390. The molecule has 0 bridgehead atoms. The first-order chi connectivity index (χ1) is 18.3. The molecule has 198 valence electrons. The fourth-order valence-electron chi connectivity index (χ4n) is 4.74. The summed E-state index contributed by atoms with van der Waals surface area (Å²) >= 11 is 0. The normalized spacial score (nSPS) is 17.4. The van der Waals surface area contributed by atoms with Crippen LogP contribution in [0.25, 0.3) is 6.08 Å². The van der Waals surface area contributed by atoms with Gasteiger partial charge in [-0.2, -0.15) is 9.97 Å². The monoisotopic (exact) mass is 521 g/mol. The number of allylic oxidation sites excluding steroid dienone is 2. The van der Waals surface area contributed by atoms with E-state index in [4.69, 9.17) is 10.5 Å². The minimum absolute atomic E-state index is 0.127. The van der Waals surface area contributed by atoms with E-state index in [0.717, 1.165) is 17.2 Å². The zero-order valence-corrected chi connectivity index (χ0v) is 21.3. The van der Waals surface area contributed by atoms with Gasteiger partial charge in [0.15, 0.2) is 11.6 Å². The molecule has 0 unspecified atom stereocenters. The number of hydrogen-bond donors (Lipinski definition) is 2. The Hall–Kier alpha value is -4.12. The lowest BCUT2D eigenvalue weighted by atomic mass is 10.1. The molecule has 3 N–H and O–H groups in total. The number of anilines is 2. The summed E-state index contributed by atoms with van der Waals surface area (Å²) in [7, 11) is 0. The van der Waals surface area contributed by atoms with Crippen molar-refractivity contribution in [2.45, 2.75) is 20.3 Å². The third-order valence-corrected chi connectivity index (χ3v) is 6.53. The SMILES string of the molecule is C/C=C/C1=CC(Nc2cc(N3CCN(CC(N)=O)CC3)nc(Oc3cc(F)c4c(c3F)C=C(C)C4)n2)=NC1. The van der Waals surface area contributed by atoms with Crippen LogP contribution < -0.4 is 20.7 Å². The molecular formula is C27H29F2N7O2. The Morgan fingerprint density at radius 1 is 1.18 bits per heavy atom. The van der Waals surface area contributed by atoms with Crippen molar-refractivity contribution in [3.05, 3.63) is 64.3 Å². The minimum Gasteiger partial charge on any atom is -0.421 e. The number of aromatic nitrogens is 2. The first-order valence-corrected chi connectivity index (χ1v) is 12.4. The van der Waals surface area contributed by atoms with E-state index in [9.17, 15) is 9.18 Å². The van der Waals surface area contributed by atoms with E-state index in [1.54, 1.807) is 12.1 Å². The van der Waals surface area contributed by atoms with Crippen molar-refractivity contribution in [3.8, 4) is 11.8 Å². The summed E-state index contributed by atoms with van der Waals surface area (Å²) in [5.41, 5.74) is 7.77. The summed E-state index contributed by atoms with van der Waals surface area (Å²) < 4.78 is 35.8. The molecule has 1 saturated heterocycles. The van der Waals surface area contributed by atoms with E-state index in [1.165, 1.54) is 0 Å². The number of piperazine rings is 1. The Balaban J connectivity index is 1.44. The first-order valence-electron chi connectivity index (χ1n) is 12.4. The summed E-state index contributed by atoms with van der Waals surface area (Å²) in [6.07, 6.45) is 7.83. The van der Waals surface area contributed by atoms with Crippen LogP contribution in [-0.2, 0) is 11.2 Å². The standard InChI is InChI=1S/C27H29F2N7O2/c1-3-4-17-11-23(31-14-17)32-24-13-25(36-7-5-35(6-8-36)15-22(30)37)34-27(33-24)38-21-12-20(28)18-9-16(2)10-19(18)26(21)29/h3-4,10-13H,5-9,14-15H2,1-2H3,(H2,30,37)(H,31,32,33,34)/b4-3+. The van der Waals surface area contributed by atoms with E-state index in [-0.39, 0.29) is 29.8 Å². The molecule has 11 heteroatoms. The minimum atomic E-state index is -0.652. The molecule has 1 fully saturated rings. The average molecular weight is 522 g/mol. The summed E-state index contributed by atoms with van der Waals surface area (Å²) in [5.74, 6) is -0.277. The lowest BCUT2D eigenvalue weighted by molar-refractivity contribution is -0.119. The molecule has 1 amide bonds. The van der Waals surface area contributed by atoms with Crippen molar-refractivity contribution in [1.82, 2.24) is 14.9 Å². The van der Waals surface area contributed by atoms with Crippen molar-refractivity contribution < 1.29 is 18.3 Å². The number of benzene rings is 1. The second kappa shape index (κ2) is 10.7. The van der Waals surface area contributed by atoms with Gasteiger partial charge in [0.05, 0.1) is 13.1 Å². The molecule has 5 rings (SSSR count). The number of nitrogens with two attached hydrogens (primary N) is 1. The maximum atomic E-state index is 15.3. The van der Waals surface area contributed by atoms with Gasteiger partial charge in [0.2, 0.25) is 5.91 Å². The van der Waals surface area contributed by atoms with Gasteiger partial charge in [-0.15, -0.1) is 0 Å². The smallest absolute Gasteiger partial charge is 0.326 e. The van der Waals surface area contributed by atoms with Crippen molar-refractivity contribution in [1.29, 1.82) is 0 Å². The van der Waals surface area contributed by atoms with E-state index in [0.29, 0.717) is 62.2 Å². The number of nitrogens with zero attached hydrogens (tertiary/aromatic N) is 5. The number of carbonyl (C=O) groups excluding carboxylic acids is 1. The molecule has 2 aromatic rings. The van der Waals surface area contributed by atoms with Crippen LogP contribution in [0.1, 0.15) is 25.0 Å². The molecule has 1 aliphatic carbocycles. The summed E-state index contributed by atoms with van der Waals surface area (Å²) in [5, 5.41) is 3.18. The first kappa shape index (κ1) is 25.5. The van der Waals surface area contributed by atoms with Crippen LogP contribution in [-0.4, -0.2) is 65.9 Å². The maximum absolute atomic E-state index is 15.3. The number of primary amides is 1. The number of fused-ring (bicyclic) bond motifs is 1. The number of carbonyl (C=O) groups is 1. The number of amidine groups is 1. The highest BCUT2D eigenvalue weighted by Crippen LogP contribution is 2.36. The van der Waals surface area contributed by atoms with E-state index in [1.807, 2.05) is 41.9 Å². The number of amides is 1. The fraction of sp³-hybridized carbons (Fsp3) is 0.333. The van der Waals surface area contributed by atoms with Crippen LogP contribution in [0.4, 0.5) is 20.4 Å². The lowest BCUT2D eigenvalue weighted by Gasteiger charge is -2.34. The van der Waals surface area contributed by atoms with Crippen LogP contribution in [0.15, 0.2) is 46.5 Å². The van der Waals surface area contributed by atoms with Gasteiger partial charge in [0.25, 0.3) is 0 Å². The molecule has 0 spiro atoms. The van der Waals surface area contributed by atoms with E-state index >= 15 is 4.39 Å². The molecular weight excluding hydrogens is 492 g/mol. The average Bonchev–Trinajstić information content (AvgIpc) is 3.49. The zero-order chi connectivity index (χ0) is 26.8. The second-order valence-corrected chi connectivity index (χ2v) is 9.50. The molecule has 0 saturated carbocycles. The lowest BCUT2D eigenvalue weighted by Crippen LogP contribution is -2.49. The third kappa shape index (κ3) is 5.57. The van der Waals surface area contributed by atoms with Crippen LogP contribution >= 0.6 is 0 Å². The van der Waals surface area contributed by atoms with Crippen molar-refractivity contribution in [3.63, 3.8) is 0 Å². The Morgan fingerprint density at radius 3 is 2.71 bits per heavy atom. The number of hydrogen-bond acceptors (Lipinski definition) is 8. The third-order valence-electron chi connectivity index (χ3n) is 6.53. The van der Waals surface area contributed by atoms with Gasteiger partial charge >= 0.3 is 6.01 Å². The van der Waals surface area contributed by atoms with Crippen LogP contribution in [0.5, 0.6) is 11.8 Å². The number of aliphatic imine (C=N–C) groups is 1. The second-order valence-electron chi connectivity index (χ2n) is 9.50. The molecule has 3 heterocycles. The van der Waals surface area contributed by atoms with Gasteiger partial charge in [0.1, 0.15) is 23.3 Å². The van der Waals surface area contributed by atoms with Gasteiger partial charge in [-0.3, -0.25) is 14.7 Å². The highest BCUT2D eigenvalue weighted by molar-refractivity contribution is 6.05. The quantitative estimate of drug-likeness (QED) is 0.575. The molecule has 2 aliphatic heterocycles. The predicted molar refractivity (Wildman–Crippen MR) is 142 cm³/mol. The molecule has 1 aromatic heterocycles. The van der Waals surface area contributed by atoms with Crippen LogP contribution in [0.3, 0.4) is 0 Å². The molecule has 9 nitrogen and oxygen atoms in total. The molecule has 0 radical (unpaired) electrons. The van der Waals surface area contributed by atoms with E-state index in [2.05, 4.69) is 20.3 Å². The van der Waals surface area contributed by atoms with Crippen LogP contribution in [0, 0.1) is 11.6 Å². The van der Waals surface area contributed by atoms with Crippen molar-refractivity contribution in [2.75, 3.05) is 49.5 Å². The predicted octanol–water partition coefficient (Wildman–Crippen LogP) is 3.44. The van der Waals surface area contributed by atoms with Gasteiger partial charge in [0, 0.05) is 49.4 Å². The highest BCUT2D eigenvalue weighted by atomic mass is 19.1. The summed E-state index contributed by atoms with van der Waals surface area (Å²) in [6.45, 7) is 6.90. The maximum Gasteiger partial charge on any atom is 0.326 e. The summed E-state index contributed by atoms with van der Waals surface area (Å²) in [4.78, 5) is 28.7. The van der Waals surface area contributed by atoms with Crippen molar-refractivity contribution >= 4 is 29.5 Å². The fourth-order valence-corrected chi connectivity index (χ4v) is 4.74. The van der Waals surface area contributed by atoms with Crippen molar-refractivity contribution in [2.24, 2.45) is 10.7 Å². The van der Waals surface area contributed by atoms with Gasteiger partial charge < -0.3 is 20.7 Å². The highest BCUT2D eigenvalue weighted by Gasteiger charge is 2.25.